The molecule has 4 nitrogen and oxygen atoms in total. The molecule has 0 heterocycles. The van der Waals surface area contributed by atoms with Crippen LogP contribution < -0.4 is 5.32 Å². The number of hydrogen-bond donors (Lipinski definition) is 2. The molecule has 1 amide bonds. The molecule has 0 aliphatic heterocycles. The van der Waals surface area contributed by atoms with Crippen molar-refractivity contribution in [2.24, 2.45) is 0 Å². The van der Waals surface area contributed by atoms with E-state index in [1.807, 2.05) is 56.3 Å². The fourth-order valence-corrected chi connectivity index (χ4v) is 2.47. The van der Waals surface area contributed by atoms with Gasteiger partial charge in [-0.1, -0.05) is 37.3 Å². The van der Waals surface area contributed by atoms with E-state index in [0.29, 0.717) is 11.3 Å². The molecule has 1 atom stereocenters. The summed E-state index contributed by atoms with van der Waals surface area (Å²) < 4.78 is 0. The summed E-state index contributed by atoms with van der Waals surface area (Å²) in [7, 11) is 3.78. The molecule has 2 rings (SSSR count). The van der Waals surface area contributed by atoms with E-state index >= 15 is 0 Å². The van der Waals surface area contributed by atoms with Gasteiger partial charge in [-0.05, 0) is 44.3 Å². The SMILES string of the molecule is CCC(C(=O)Nc1ccc(O)c(-c2ccccc2)c1)N(C)C. The van der Waals surface area contributed by atoms with E-state index in [1.165, 1.54) is 0 Å². The first-order valence-corrected chi connectivity index (χ1v) is 7.38. The van der Waals surface area contributed by atoms with Crippen LogP contribution in [0.5, 0.6) is 5.75 Å². The van der Waals surface area contributed by atoms with Crippen LogP contribution in [-0.2, 0) is 4.79 Å². The molecule has 0 aliphatic carbocycles. The summed E-state index contributed by atoms with van der Waals surface area (Å²) in [4.78, 5) is 14.2. The Morgan fingerprint density at radius 2 is 1.86 bits per heavy atom. The van der Waals surface area contributed by atoms with Crippen LogP contribution in [0.2, 0.25) is 0 Å². The summed E-state index contributed by atoms with van der Waals surface area (Å²) in [5.41, 5.74) is 2.30. The molecule has 0 bridgehead atoms. The van der Waals surface area contributed by atoms with Crippen LogP contribution in [0.25, 0.3) is 11.1 Å². The minimum atomic E-state index is -0.172. The molecular formula is C18H22N2O2. The summed E-state index contributed by atoms with van der Waals surface area (Å²) >= 11 is 0. The van der Waals surface area contributed by atoms with Gasteiger partial charge < -0.3 is 10.4 Å². The largest absolute Gasteiger partial charge is 0.507 e. The average Bonchev–Trinajstić information content (AvgIpc) is 2.50. The highest BCUT2D eigenvalue weighted by molar-refractivity contribution is 5.95. The van der Waals surface area contributed by atoms with Gasteiger partial charge in [-0.15, -0.1) is 0 Å². The number of nitrogens with zero attached hydrogens (tertiary/aromatic N) is 1. The molecule has 0 radical (unpaired) electrons. The van der Waals surface area contributed by atoms with Crippen LogP contribution in [-0.4, -0.2) is 36.1 Å². The van der Waals surface area contributed by atoms with Crippen molar-refractivity contribution in [1.29, 1.82) is 0 Å². The van der Waals surface area contributed by atoms with Crippen molar-refractivity contribution in [1.82, 2.24) is 4.90 Å². The lowest BCUT2D eigenvalue weighted by Gasteiger charge is -2.22. The second kappa shape index (κ2) is 7.09. The van der Waals surface area contributed by atoms with Gasteiger partial charge in [0.2, 0.25) is 5.91 Å². The molecule has 1 unspecified atom stereocenters. The first-order chi connectivity index (χ1) is 10.5. The molecule has 2 aromatic carbocycles. The third-order valence-electron chi connectivity index (χ3n) is 3.66. The summed E-state index contributed by atoms with van der Waals surface area (Å²) in [5.74, 6) is 0.154. The summed E-state index contributed by atoms with van der Waals surface area (Å²) in [6.07, 6.45) is 0.739. The molecule has 2 N–H and O–H groups in total. The predicted molar refractivity (Wildman–Crippen MR) is 89.9 cm³/mol. The Hall–Kier alpha value is -2.33. The van der Waals surface area contributed by atoms with Gasteiger partial charge in [0.15, 0.2) is 0 Å². The van der Waals surface area contributed by atoms with Gasteiger partial charge >= 0.3 is 0 Å². The number of anilines is 1. The van der Waals surface area contributed by atoms with E-state index < -0.39 is 0 Å². The molecule has 0 spiro atoms. The molecule has 0 aromatic heterocycles. The third kappa shape index (κ3) is 3.65. The van der Waals surface area contributed by atoms with E-state index in [1.54, 1.807) is 18.2 Å². The van der Waals surface area contributed by atoms with Gasteiger partial charge in [-0.3, -0.25) is 9.69 Å². The highest BCUT2D eigenvalue weighted by atomic mass is 16.3. The summed E-state index contributed by atoms with van der Waals surface area (Å²) in [5, 5.41) is 13.0. The molecule has 2 aromatic rings. The van der Waals surface area contributed by atoms with Gasteiger partial charge in [-0.25, -0.2) is 0 Å². The maximum atomic E-state index is 12.3. The third-order valence-corrected chi connectivity index (χ3v) is 3.66. The Labute approximate surface area is 131 Å². The van der Waals surface area contributed by atoms with Crippen molar-refractivity contribution >= 4 is 11.6 Å². The fourth-order valence-electron chi connectivity index (χ4n) is 2.47. The molecule has 116 valence electrons. The molecule has 0 saturated carbocycles. The average molecular weight is 298 g/mol. The Balaban J connectivity index is 2.25. The number of benzene rings is 2. The van der Waals surface area contributed by atoms with Crippen molar-refractivity contribution in [2.45, 2.75) is 19.4 Å². The van der Waals surface area contributed by atoms with Gasteiger partial charge in [0.1, 0.15) is 5.75 Å². The van der Waals surface area contributed by atoms with Crippen LogP contribution in [0, 0.1) is 0 Å². The first kappa shape index (κ1) is 16.0. The van der Waals surface area contributed by atoms with Crippen molar-refractivity contribution in [3.05, 3.63) is 48.5 Å². The topological polar surface area (TPSA) is 52.6 Å². The van der Waals surface area contributed by atoms with Crippen LogP contribution in [0.3, 0.4) is 0 Å². The number of phenols is 1. The molecule has 4 heteroatoms. The van der Waals surface area contributed by atoms with Crippen molar-refractivity contribution < 1.29 is 9.90 Å². The number of carbonyl (C=O) groups excluding carboxylic acids is 1. The lowest BCUT2D eigenvalue weighted by Crippen LogP contribution is -2.39. The van der Waals surface area contributed by atoms with Gasteiger partial charge in [0, 0.05) is 11.3 Å². The number of phenolic OH excluding ortho intramolecular Hbond substituents is 1. The zero-order valence-electron chi connectivity index (χ0n) is 13.2. The maximum absolute atomic E-state index is 12.3. The van der Waals surface area contributed by atoms with Crippen LogP contribution >= 0.6 is 0 Å². The fraction of sp³-hybridized carbons (Fsp3) is 0.278. The van der Waals surface area contributed by atoms with Gasteiger partial charge in [0.25, 0.3) is 0 Å². The Morgan fingerprint density at radius 3 is 2.45 bits per heavy atom. The Morgan fingerprint density at radius 1 is 1.18 bits per heavy atom. The highest BCUT2D eigenvalue weighted by Gasteiger charge is 2.18. The molecule has 22 heavy (non-hydrogen) atoms. The molecule has 0 aliphatic rings. The zero-order valence-corrected chi connectivity index (χ0v) is 13.2. The molecular weight excluding hydrogens is 276 g/mol. The highest BCUT2D eigenvalue weighted by Crippen LogP contribution is 2.31. The smallest absolute Gasteiger partial charge is 0.241 e. The van der Waals surface area contributed by atoms with E-state index in [0.717, 1.165) is 12.0 Å². The lowest BCUT2D eigenvalue weighted by molar-refractivity contribution is -0.120. The van der Waals surface area contributed by atoms with E-state index in [9.17, 15) is 9.90 Å². The van der Waals surface area contributed by atoms with Crippen molar-refractivity contribution in [3.63, 3.8) is 0 Å². The summed E-state index contributed by atoms with van der Waals surface area (Å²) in [6, 6.07) is 14.5. The number of rotatable bonds is 5. The van der Waals surface area contributed by atoms with E-state index in [-0.39, 0.29) is 17.7 Å². The first-order valence-electron chi connectivity index (χ1n) is 7.38. The number of aromatic hydroxyl groups is 1. The standard InChI is InChI=1S/C18H22N2O2/c1-4-16(20(2)3)18(22)19-14-10-11-17(21)15(12-14)13-8-6-5-7-9-13/h5-12,16,21H,4H2,1-3H3,(H,19,22). The normalized spacial score (nSPS) is 12.2. The van der Waals surface area contributed by atoms with E-state index in [2.05, 4.69) is 5.32 Å². The number of likely N-dealkylation sites (N-methyl/N-ethyl adjacent to an activating group) is 1. The number of nitrogens with one attached hydrogen (secondary N) is 1. The maximum Gasteiger partial charge on any atom is 0.241 e. The lowest BCUT2D eigenvalue weighted by atomic mass is 10.0. The quantitative estimate of drug-likeness (QED) is 0.832. The van der Waals surface area contributed by atoms with Crippen LogP contribution in [0.15, 0.2) is 48.5 Å². The summed E-state index contributed by atoms with van der Waals surface area (Å²) in [6.45, 7) is 1.98. The van der Waals surface area contributed by atoms with Crippen molar-refractivity contribution in [3.8, 4) is 16.9 Å². The number of amides is 1. The van der Waals surface area contributed by atoms with Crippen molar-refractivity contribution in [2.75, 3.05) is 19.4 Å². The zero-order chi connectivity index (χ0) is 16.1. The second-order valence-corrected chi connectivity index (χ2v) is 5.47. The second-order valence-electron chi connectivity index (χ2n) is 5.47. The van der Waals surface area contributed by atoms with E-state index in [4.69, 9.17) is 0 Å². The van der Waals surface area contributed by atoms with Crippen LogP contribution in [0.1, 0.15) is 13.3 Å². The predicted octanol–water partition coefficient (Wildman–Crippen LogP) is 3.34. The minimum Gasteiger partial charge on any atom is -0.507 e. The Kier molecular flexibility index (Phi) is 5.17. The van der Waals surface area contributed by atoms with Gasteiger partial charge in [0.05, 0.1) is 6.04 Å². The van der Waals surface area contributed by atoms with Crippen LogP contribution in [0.4, 0.5) is 5.69 Å². The minimum absolute atomic E-state index is 0.0443. The Bertz CT molecular complexity index is 639. The monoisotopic (exact) mass is 298 g/mol. The number of carbonyl (C=O) groups is 1. The molecule has 0 saturated heterocycles. The van der Waals surface area contributed by atoms with Gasteiger partial charge in [-0.2, -0.15) is 0 Å². The molecule has 0 fully saturated rings. The number of hydrogen-bond acceptors (Lipinski definition) is 3.